The van der Waals surface area contributed by atoms with E-state index in [1.807, 2.05) is 6.41 Å². The Kier molecular flexibility index (Phi) is 24.0. The zero-order valence-electron chi connectivity index (χ0n) is 19.5. The Morgan fingerprint density at radius 2 is 0.893 bits per heavy atom. The highest BCUT2D eigenvalue weighted by Crippen LogP contribution is 2.22. The third kappa shape index (κ3) is 21.8. The third-order valence-corrected chi connectivity index (χ3v) is 6.18. The van der Waals surface area contributed by atoms with Crippen molar-refractivity contribution >= 4 is 6.41 Å². The van der Waals surface area contributed by atoms with Crippen molar-refractivity contribution in [2.24, 2.45) is 5.92 Å². The van der Waals surface area contributed by atoms with E-state index >= 15 is 0 Å². The molecular weight excluding hydrogens is 342 g/mol. The van der Waals surface area contributed by atoms with E-state index in [0.29, 0.717) is 0 Å². The Morgan fingerprint density at radius 3 is 1.25 bits per heavy atom. The number of hydrogen-bond acceptors (Lipinski definition) is 1. The molecule has 0 fully saturated rings. The van der Waals surface area contributed by atoms with Crippen molar-refractivity contribution in [2.75, 3.05) is 6.54 Å². The first-order valence-electron chi connectivity index (χ1n) is 12.9. The van der Waals surface area contributed by atoms with Crippen LogP contribution in [-0.4, -0.2) is 13.0 Å². The summed E-state index contributed by atoms with van der Waals surface area (Å²) in [7, 11) is 0. The van der Waals surface area contributed by atoms with Crippen molar-refractivity contribution in [3.05, 3.63) is 0 Å². The zero-order chi connectivity index (χ0) is 20.5. The van der Waals surface area contributed by atoms with Gasteiger partial charge in [-0.3, -0.25) is 4.79 Å². The normalized spacial score (nSPS) is 12.2. The molecule has 1 amide bonds. The van der Waals surface area contributed by atoms with Crippen LogP contribution in [0.4, 0.5) is 0 Å². The second-order valence-corrected chi connectivity index (χ2v) is 8.92. The van der Waals surface area contributed by atoms with E-state index in [2.05, 4.69) is 19.2 Å². The van der Waals surface area contributed by atoms with Gasteiger partial charge in [-0.25, -0.2) is 0 Å². The van der Waals surface area contributed by atoms with E-state index in [9.17, 15) is 4.79 Å². The van der Waals surface area contributed by atoms with Crippen LogP contribution in [0.3, 0.4) is 0 Å². The van der Waals surface area contributed by atoms with Crippen LogP contribution >= 0.6 is 0 Å². The van der Waals surface area contributed by atoms with Gasteiger partial charge in [-0.2, -0.15) is 0 Å². The molecule has 0 rings (SSSR count). The van der Waals surface area contributed by atoms with E-state index in [4.69, 9.17) is 0 Å². The Labute approximate surface area is 178 Å². The lowest BCUT2D eigenvalue weighted by molar-refractivity contribution is 0.379. The first-order valence-corrected chi connectivity index (χ1v) is 12.9. The highest BCUT2D eigenvalue weighted by molar-refractivity contribution is 5.46. The molecule has 167 valence electrons. The average Bonchev–Trinajstić information content (AvgIpc) is 2.71. The van der Waals surface area contributed by atoms with E-state index in [-0.39, 0.29) is 0 Å². The van der Waals surface area contributed by atoms with Gasteiger partial charge in [0.15, 0.2) is 0 Å². The number of amides is 1. The number of nitrogens with one attached hydrogen (secondary N) is 1. The molecule has 0 saturated heterocycles. The van der Waals surface area contributed by atoms with Crippen molar-refractivity contribution in [3.8, 4) is 0 Å². The van der Waals surface area contributed by atoms with Crippen LogP contribution in [0.2, 0.25) is 0 Å². The molecule has 2 heteroatoms. The maximum atomic E-state index is 10.4. The molecule has 0 aromatic heterocycles. The fourth-order valence-electron chi connectivity index (χ4n) is 4.25. The molecule has 1 radical (unpaired) electrons. The Hall–Kier alpha value is -0.530. The van der Waals surface area contributed by atoms with Crippen LogP contribution in [0, 0.1) is 5.92 Å². The number of unbranched alkanes of at least 4 members (excludes halogenated alkanes) is 16. The van der Waals surface area contributed by atoms with Gasteiger partial charge in [0.1, 0.15) is 0 Å². The van der Waals surface area contributed by atoms with Crippen molar-refractivity contribution in [1.82, 2.24) is 5.32 Å². The minimum absolute atomic E-state index is 0.801. The predicted molar refractivity (Wildman–Crippen MR) is 125 cm³/mol. The number of hydrogen-bond donors (Lipinski definition) is 1. The van der Waals surface area contributed by atoms with Crippen molar-refractivity contribution in [3.63, 3.8) is 0 Å². The minimum Gasteiger partial charge on any atom is -0.348 e. The van der Waals surface area contributed by atoms with Gasteiger partial charge in [0.05, 0.1) is 0 Å². The molecule has 2 nitrogen and oxygen atoms in total. The predicted octanol–water partition coefficient (Wildman–Crippen LogP) is 8.49. The van der Waals surface area contributed by atoms with Gasteiger partial charge < -0.3 is 5.32 Å². The van der Waals surface area contributed by atoms with Crippen LogP contribution < -0.4 is 5.32 Å². The van der Waals surface area contributed by atoms with Crippen LogP contribution in [0.5, 0.6) is 0 Å². The Balaban J connectivity index is 3.51. The molecule has 0 aliphatic carbocycles. The van der Waals surface area contributed by atoms with E-state index in [1.54, 1.807) is 0 Å². The van der Waals surface area contributed by atoms with Crippen molar-refractivity contribution in [1.29, 1.82) is 0 Å². The molecule has 0 aromatic rings. The summed E-state index contributed by atoms with van der Waals surface area (Å²) >= 11 is 0. The summed E-state index contributed by atoms with van der Waals surface area (Å²) in [5.41, 5.74) is 0. The van der Waals surface area contributed by atoms with Crippen molar-refractivity contribution < 1.29 is 4.79 Å². The minimum atomic E-state index is 0.801. The lowest BCUT2D eigenvalue weighted by Gasteiger charge is -2.16. The molecule has 0 bridgehead atoms. The molecule has 0 heterocycles. The summed E-state index contributed by atoms with van der Waals surface area (Å²) < 4.78 is 0. The topological polar surface area (TPSA) is 29.1 Å². The Morgan fingerprint density at radius 1 is 0.536 bits per heavy atom. The van der Waals surface area contributed by atoms with Gasteiger partial charge in [0.2, 0.25) is 0 Å². The molecule has 0 spiro atoms. The first kappa shape index (κ1) is 27.5. The highest BCUT2D eigenvalue weighted by atomic mass is 16.1. The highest BCUT2D eigenvalue weighted by Gasteiger charge is 2.08. The summed E-state index contributed by atoms with van der Waals surface area (Å²) in [5, 5.41) is 2.73. The van der Waals surface area contributed by atoms with Gasteiger partial charge in [0.25, 0.3) is 0 Å². The SMILES string of the molecule is CCCCCCCCCCCCCCCC(CCCCCCC)CCN[C]=O. The fraction of sp³-hybridized carbons (Fsp3) is 0.962. The van der Waals surface area contributed by atoms with Gasteiger partial charge in [-0.1, -0.05) is 142 Å². The molecule has 28 heavy (non-hydrogen) atoms. The molecule has 1 atom stereocenters. The Bertz CT molecular complexity index is 292. The molecule has 0 aromatic carbocycles. The smallest absolute Gasteiger partial charge is 0.309 e. The summed E-state index contributed by atoms with van der Waals surface area (Å²) in [4.78, 5) is 10.4. The van der Waals surface area contributed by atoms with Crippen LogP contribution in [0.15, 0.2) is 0 Å². The monoisotopic (exact) mass is 394 g/mol. The maximum Gasteiger partial charge on any atom is 0.309 e. The largest absolute Gasteiger partial charge is 0.348 e. The molecular formula is C26H52NO. The fourth-order valence-corrected chi connectivity index (χ4v) is 4.25. The summed E-state index contributed by atoms with van der Waals surface area (Å²) in [6.45, 7) is 5.37. The first-order chi connectivity index (χ1) is 13.8. The summed E-state index contributed by atoms with van der Waals surface area (Å²) in [5.74, 6) is 0.801. The summed E-state index contributed by atoms with van der Waals surface area (Å²) in [6, 6.07) is 0. The molecule has 0 saturated carbocycles. The lowest BCUT2D eigenvalue weighted by atomic mass is 9.91. The van der Waals surface area contributed by atoms with Crippen LogP contribution in [-0.2, 0) is 4.79 Å². The van der Waals surface area contributed by atoms with Crippen LogP contribution in [0.25, 0.3) is 0 Å². The number of rotatable bonds is 24. The number of carbonyl (C=O) groups excluding carboxylic acids is 1. The summed E-state index contributed by atoms with van der Waals surface area (Å²) in [6.07, 6.45) is 31.1. The maximum absolute atomic E-state index is 10.4. The third-order valence-electron chi connectivity index (χ3n) is 6.18. The van der Waals surface area contributed by atoms with Crippen LogP contribution in [0.1, 0.15) is 149 Å². The second-order valence-electron chi connectivity index (χ2n) is 8.92. The quantitative estimate of drug-likeness (QED) is 0.129. The van der Waals surface area contributed by atoms with E-state index in [0.717, 1.165) is 18.9 Å². The average molecular weight is 395 g/mol. The molecule has 1 N–H and O–H groups in total. The standard InChI is InChI=1S/C26H52NO/c1-3-5-7-9-10-11-12-13-14-15-16-18-20-22-26(23-24-27-25-28)21-19-17-8-6-4-2/h26H,3-24H2,1-2H3,(H,27,28). The van der Waals surface area contributed by atoms with Gasteiger partial charge in [0, 0.05) is 6.54 Å². The van der Waals surface area contributed by atoms with Gasteiger partial charge in [-0.05, 0) is 12.3 Å². The van der Waals surface area contributed by atoms with E-state index in [1.165, 1.54) is 128 Å². The van der Waals surface area contributed by atoms with E-state index < -0.39 is 0 Å². The van der Waals surface area contributed by atoms with Crippen molar-refractivity contribution in [2.45, 2.75) is 149 Å². The molecule has 0 aliphatic heterocycles. The molecule has 1 unspecified atom stereocenters. The second kappa shape index (κ2) is 24.5. The van der Waals surface area contributed by atoms with Gasteiger partial charge in [-0.15, -0.1) is 0 Å². The van der Waals surface area contributed by atoms with Gasteiger partial charge >= 0.3 is 6.41 Å². The molecule has 0 aliphatic rings. The zero-order valence-corrected chi connectivity index (χ0v) is 19.5. The lowest BCUT2D eigenvalue weighted by Crippen LogP contribution is -2.16.